The molecule has 0 saturated heterocycles. The van der Waals surface area contributed by atoms with Gasteiger partial charge in [-0.3, -0.25) is 0 Å². The fourth-order valence-corrected chi connectivity index (χ4v) is 0.770. The van der Waals surface area contributed by atoms with E-state index in [9.17, 15) is 14.5 Å². The predicted molar refractivity (Wildman–Crippen MR) is 42.0 cm³/mol. The molecule has 0 fully saturated rings. The average Bonchev–Trinajstić information content (AvgIpc) is 2.08. The molecule has 6 heteroatoms. The summed E-state index contributed by atoms with van der Waals surface area (Å²) in [6, 6.07) is 0.727. The number of hydrogen-bond acceptors (Lipinski definition) is 4. The number of halogens is 1. The van der Waals surface area contributed by atoms with Crippen molar-refractivity contribution in [2.45, 2.75) is 6.92 Å². The summed E-state index contributed by atoms with van der Waals surface area (Å²) in [7, 11) is 0. The molecule has 0 aliphatic rings. The number of rotatable bonds is 3. The van der Waals surface area contributed by atoms with E-state index < -0.39 is 16.6 Å². The third-order valence-electron chi connectivity index (χ3n) is 1.29. The van der Waals surface area contributed by atoms with Crippen molar-refractivity contribution in [3.8, 4) is 5.75 Å². The number of nitro groups is 1. The Kier molecular flexibility index (Phi) is 2.73. The van der Waals surface area contributed by atoms with E-state index in [1.54, 1.807) is 6.92 Å². The summed E-state index contributed by atoms with van der Waals surface area (Å²) in [6.45, 7) is 1.97. The molecule has 0 radical (unpaired) electrons. The summed E-state index contributed by atoms with van der Waals surface area (Å²) >= 11 is 0. The van der Waals surface area contributed by atoms with Crippen LogP contribution >= 0.6 is 0 Å². The highest BCUT2D eigenvalue weighted by Gasteiger charge is 2.13. The van der Waals surface area contributed by atoms with Gasteiger partial charge in [0, 0.05) is 0 Å². The second-order valence-corrected chi connectivity index (χ2v) is 2.16. The quantitative estimate of drug-likeness (QED) is 0.530. The minimum atomic E-state index is -0.774. The van der Waals surface area contributed by atoms with Crippen LogP contribution in [0.15, 0.2) is 12.3 Å². The largest absolute Gasteiger partial charge is 0.487 e. The minimum Gasteiger partial charge on any atom is -0.487 e. The second kappa shape index (κ2) is 3.79. The molecule has 0 unspecified atom stereocenters. The van der Waals surface area contributed by atoms with E-state index in [-0.39, 0.29) is 12.4 Å². The van der Waals surface area contributed by atoms with Gasteiger partial charge in [0.25, 0.3) is 0 Å². The molecular weight excluding hydrogens is 179 g/mol. The van der Waals surface area contributed by atoms with Crippen LogP contribution in [-0.2, 0) is 0 Å². The highest BCUT2D eigenvalue weighted by atomic mass is 19.1. The first-order chi connectivity index (χ1) is 6.15. The summed E-state index contributed by atoms with van der Waals surface area (Å²) < 4.78 is 17.7. The fraction of sp³-hybridized carbons (Fsp3) is 0.286. The van der Waals surface area contributed by atoms with Crippen LogP contribution in [0.2, 0.25) is 0 Å². The summed E-state index contributed by atoms with van der Waals surface area (Å²) in [5.74, 6) is -1.38. The third-order valence-corrected chi connectivity index (χ3v) is 1.29. The zero-order valence-electron chi connectivity index (χ0n) is 6.86. The molecular formula is C7H7FN2O3. The lowest BCUT2D eigenvalue weighted by Gasteiger charge is -2.00. The van der Waals surface area contributed by atoms with E-state index >= 15 is 0 Å². The van der Waals surface area contributed by atoms with Crippen LogP contribution in [0, 0.1) is 15.9 Å². The van der Waals surface area contributed by atoms with Crippen LogP contribution in [0.5, 0.6) is 5.75 Å². The maximum Gasteiger partial charge on any atom is 0.366 e. The van der Waals surface area contributed by atoms with Crippen LogP contribution in [0.3, 0.4) is 0 Å². The van der Waals surface area contributed by atoms with Crippen molar-refractivity contribution >= 4 is 5.82 Å². The molecule has 1 heterocycles. The van der Waals surface area contributed by atoms with E-state index in [2.05, 4.69) is 4.98 Å². The summed E-state index contributed by atoms with van der Waals surface area (Å²) in [5, 5.41) is 10.2. The molecule has 1 aromatic rings. The van der Waals surface area contributed by atoms with Crippen LogP contribution < -0.4 is 4.74 Å². The van der Waals surface area contributed by atoms with Gasteiger partial charge in [0.05, 0.1) is 12.7 Å². The van der Waals surface area contributed by atoms with Crippen LogP contribution in [-0.4, -0.2) is 16.5 Å². The van der Waals surface area contributed by atoms with Gasteiger partial charge in [-0.1, -0.05) is 0 Å². The Morgan fingerprint density at radius 3 is 2.92 bits per heavy atom. The van der Waals surface area contributed by atoms with Crippen LogP contribution in [0.1, 0.15) is 6.92 Å². The van der Waals surface area contributed by atoms with Crippen molar-refractivity contribution in [2.75, 3.05) is 6.61 Å². The standard InChI is InChI=1S/C7H7FN2O3/c1-2-13-6-4-9-7(10(11)12)3-5(6)8/h3-4H,2H2,1H3. The molecule has 0 amide bonds. The van der Waals surface area contributed by atoms with Crippen molar-refractivity contribution < 1.29 is 14.1 Å². The highest BCUT2D eigenvalue weighted by molar-refractivity contribution is 5.28. The third kappa shape index (κ3) is 2.11. The van der Waals surface area contributed by atoms with Gasteiger partial charge in [-0.2, -0.15) is 0 Å². The second-order valence-electron chi connectivity index (χ2n) is 2.16. The van der Waals surface area contributed by atoms with Crippen molar-refractivity contribution in [3.63, 3.8) is 0 Å². The van der Waals surface area contributed by atoms with Gasteiger partial charge in [-0.25, -0.2) is 4.39 Å². The molecule has 0 saturated carbocycles. The molecule has 0 aliphatic carbocycles. The highest BCUT2D eigenvalue weighted by Crippen LogP contribution is 2.19. The molecule has 0 N–H and O–H groups in total. The van der Waals surface area contributed by atoms with Crippen molar-refractivity contribution in [2.24, 2.45) is 0 Å². The van der Waals surface area contributed by atoms with Crippen molar-refractivity contribution in [3.05, 3.63) is 28.2 Å². The molecule has 0 aromatic carbocycles. The molecule has 0 aliphatic heterocycles. The van der Waals surface area contributed by atoms with Crippen molar-refractivity contribution in [1.82, 2.24) is 4.98 Å². The van der Waals surface area contributed by atoms with E-state index in [0.717, 1.165) is 12.3 Å². The lowest BCUT2D eigenvalue weighted by molar-refractivity contribution is -0.389. The van der Waals surface area contributed by atoms with E-state index in [1.165, 1.54) is 0 Å². The molecule has 0 atom stereocenters. The van der Waals surface area contributed by atoms with Crippen LogP contribution in [0.25, 0.3) is 0 Å². The first kappa shape index (κ1) is 9.37. The molecule has 0 spiro atoms. The van der Waals surface area contributed by atoms with Gasteiger partial charge < -0.3 is 14.9 Å². The van der Waals surface area contributed by atoms with Gasteiger partial charge in [0.2, 0.25) is 0 Å². The van der Waals surface area contributed by atoms with Gasteiger partial charge >= 0.3 is 5.82 Å². The van der Waals surface area contributed by atoms with Crippen LogP contribution in [0.4, 0.5) is 10.2 Å². The first-order valence-corrected chi connectivity index (χ1v) is 3.58. The molecule has 13 heavy (non-hydrogen) atoms. The van der Waals surface area contributed by atoms with E-state index in [0.29, 0.717) is 0 Å². The monoisotopic (exact) mass is 186 g/mol. The SMILES string of the molecule is CCOc1cnc([N+](=O)[O-])cc1F. The molecule has 5 nitrogen and oxygen atoms in total. The normalized spacial score (nSPS) is 9.69. The Balaban J connectivity index is 2.98. The Morgan fingerprint density at radius 1 is 1.77 bits per heavy atom. The van der Waals surface area contributed by atoms with Gasteiger partial charge in [-0.05, 0) is 16.8 Å². The Labute approximate surface area is 73.3 Å². The zero-order valence-corrected chi connectivity index (χ0v) is 6.86. The summed E-state index contributed by atoms with van der Waals surface area (Å²) in [5.41, 5.74) is 0. The Hall–Kier alpha value is -1.72. The number of nitrogens with zero attached hydrogens (tertiary/aromatic N) is 2. The molecule has 1 aromatic heterocycles. The smallest absolute Gasteiger partial charge is 0.366 e. The molecule has 0 bridgehead atoms. The van der Waals surface area contributed by atoms with Gasteiger partial charge in [0.1, 0.15) is 0 Å². The predicted octanol–water partition coefficient (Wildman–Crippen LogP) is 1.53. The van der Waals surface area contributed by atoms with E-state index in [4.69, 9.17) is 4.74 Å². The average molecular weight is 186 g/mol. The number of ether oxygens (including phenoxy) is 1. The Bertz CT molecular complexity index is 330. The summed E-state index contributed by atoms with van der Waals surface area (Å²) in [4.78, 5) is 12.8. The zero-order chi connectivity index (χ0) is 9.84. The fourth-order valence-electron chi connectivity index (χ4n) is 0.770. The topological polar surface area (TPSA) is 65.3 Å². The lowest BCUT2D eigenvalue weighted by atomic mass is 10.4. The maximum absolute atomic E-state index is 12.9. The Morgan fingerprint density at radius 2 is 2.46 bits per heavy atom. The van der Waals surface area contributed by atoms with E-state index in [1.807, 2.05) is 0 Å². The van der Waals surface area contributed by atoms with Gasteiger partial charge in [0.15, 0.2) is 17.8 Å². The minimum absolute atomic E-state index is 0.0758. The lowest BCUT2D eigenvalue weighted by Crippen LogP contribution is -1.98. The first-order valence-electron chi connectivity index (χ1n) is 3.58. The summed E-state index contributed by atoms with van der Waals surface area (Å²) in [6.07, 6.45) is 0.997. The number of hydrogen-bond donors (Lipinski definition) is 0. The number of aromatic nitrogens is 1. The maximum atomic E-state index is 12.9. The number of pyridine rings is 1. The molecule has 70 valence electrons. The van der Waals surface area contributed by atoms with Gasteiger partial charge in [-0.15, -0.1) is 0 Å². The molecule has 1 rings (SSSR count). The van der Waals surface area contributed by atoms with Crippen molar-refractivity contribution in [1.29, 1.82) is 0 Å².